The highest BCUT2D eigenvalue weighted by molar-refractivity contribution is 6.18. The number of pyridine rings is 1. The molecule has 0 bridgehead atoms. The number of fused-ring (bicyclic) bond motifs is 1. The van der Waals surface area contributed by atoms with Crippen molar-refractivity contribution in [2.75, 3.05) is 24.9 Å². The van der Waals surface area contributed by atoms with E-state index in [1.54, 1.807) is 25.4 Å². The average molecular weight is 267 g/mol. The van der Waals surface area contributed by atoms with Gasteiger partial charge in [-0.2, -0.15) is 0 Å². The van der Waals surface area contributed by atoms with Crippen molar-refractivity contribution in [2.24, 2.45) is 0 Å². The zero-order valence-corrected chi connectivity index (χ0v) is 10.8. The Morgan fingerprint density at radius 2 is 2.28 bits per heavy atom. The van der Waals surface area contributed by atoms with Crippen LogP contribution < -0.4 is 5.32 Å². The van der Waals surface area contributed by atoms with E-state index in [9.17, 15) is 5.11 Å². The number of nitrogens with one attached hydrogen (secondary N) is 1. The van der Waals surface area contributed by atoms with Crippen molar-refractivity contribution in [1.29, 1.82) is 0 Å². The molecule has 0 aliphatic rings. The molecule has 1 aromatic carbocycles. The summed E-state index contributed by atoms with van der Waals surface area (Å²) in [6.07, 6.45) is 1.72. The minimum atomic E-state index is -0.0166. The molecule has 0 fully saturated rings. The molecule has 0 aliphatic carbocycles. The first-order chi connectivity index (χ1) is 8.74. The Kier molecular flexibility index (Phi) is 4.23. The van der Waals surface area contributed by atoms with Crippen molar-refractivity contribution < 1.29 is 9.84 Å². The van der Waals surface area contributed by atoms with Crippen LogP contribution in [0.3, 0.4) is 0 Å². The number of aromatic hydroxyl groups is 1. The molecule has 2 rings (SSSR count). The molecule has 0 saturated carbocycles. The van der Waals surface area contributed by atoms with Crippen LogP contribution in [0.4, 0.5) is 5.82 Å². The summed E-state index contributed by atoms with van der Waals surface area (Å²) in [5, 5.41) is 14.6. The van der Waals surface area contributed by atoms with E-state index >= 15 is 0 Å². The van der Waals surface area contributed by atoms with Gasteiger partial charge in [0.2, 0.25) is 0 Å². The fraction of sp³-hybridized carbons (Fsp3) is 0.308. The van der Waals surface area contributed by atoms with Crippen LogP contribution in [-0.2, 0) is 4.74 Å². The van der Waals surface area contributed by atoms with Gasteiger partial charge in [0.05, 0.1) is 12.6 Å². The van der Waals surface area contributed by atoms with E-state index in [0.717, 1.165) is 10.8 Å². The van der Waals surface area contributed by atoms with E-state index in [1.807, 2.05) is 12.1 Å². The molecule has 4 nitrogen and oxygen atoms in total. The lowest BCUT2D eigenvalue weighted by Crippen LogP contribution is -2.27. The van der Waals surface area contributed by atoms with Crippen LogP contribution in [0.25, 0.3) is 10.8 Å². The Bertz CT molecular complexity index is 533. The van der Waals surface area contributed by atoms with E-state index in [4.69, 9.17) is 16.3 Å². The maximum atomic E-state index is 9.54. The standard InChI is InChI=1S/C13H15ClN2O2/c1-18-8-10(7-14)16-13-12-6-11(17)3-2-9(12)4-5-15-13/h2-6,10,17H,7-8H2,1H3,(H,15,16). The second-order valence-corrected chi connectivity index (χ2v) is 4.32. The second-order valence-electron chi connectivity index (χ2n) is 4.02. The number of rotatable bonds is 5. The second kappa shape index (κ2) is 5.89. The normalized spacial score (nSPS) is 12.6. The molecule has 2 aromatic rings. The summed E-state index contributed by atoms with van der Waals surface area (Å²) in [7, 11) is 1.63. The maximum absolute atomic E-state index is 9.54. The minimum Gasteiger partial charge on any atom is -0.508 e. The number of methoxy groups -OCH3 is 1. The van der Waals surface area contributed by atoms with Gasteiger partial charge in [0.1, 0.15) is 11.6 Å². The maximum Gasteiger partial charge on any atom is 0.134 e. The molecular weight excluding hydrogens is 252 g/mol. The third-order valence-electron chi connectivity index (χ3n) is 2.64. The smallest absolute Gasteiger partial charge is 0.134 e. The van der Waals surface area contributed by atoms with Crippen molar-refractivity contribution in [1.82, 2.24) is 4.98 Å². The van der Waals surface area contributed by atoms with Crippen molar-refractivity contribution >= 4 is 28.2 Å². The third kappa shape index (κ3) is 2.83. The van der Waals surface area contributed by atoms with Crippen molar-refractivity contribution in [3.63, 3.8) is 0 Å². The summed E-state index contributed by atoms with van der Waals surface area (Å²) in [5.41, 5.74) is 0. The molecule has 1 aromatic heterocycles. The minimum absolute atomic E-state index is 0.0166. The highest BCUT2D eigenvalue weighted by Gasteiger charge is 2.10. The lowest BCUT2D eigenvalue weighted by Gasteiger charge is -2.17. The summed E-state index contributed by atoms with van der Waals surface area (Å²) >= 11 is 5.86. The Labute approximate surface area is 111 Å². The topological polar surface area (TPSA) is 54.4 Å². The number of hydrogen-bond acceptors (Lipinski definition) is 4. The zero-order chi connectivity index (χ0) is 13.0. The molecular formula is C13H15ClN2O2. The molecule has 1 heterocycles. The number of hydrogen-bond donors (Lipinski definition) is 2. The van der Waals surface area contributed by atoms with Gasteiger partial charge in [-0.1, -0.05) is 6.07 Å². The number of phenols is 1. The van der Waals surface area contributed by atoms with Crippen LogP contribution in [0.5, 0.6) is 5.75 Å². The summed E-state index contributed by atoms with van der Waals surface area (Å²) in [6, 6.07) is 7.07. The first kappa shape index (κ1) is 12.9. The lowest BCUT2D eigenvalue weighted by atomic mass is 10.1. The van der Waals surface area contributed by atoms with E-state index in [-0.39, 0.29) is 11.8 Å². The first-order valence-electron chi connectivity index (χ1n) is 5.63. The Balaban J connectivity index is 2.34. The lowest BCUT2D eigenvalue weighted by molar-refractivity contribution is 0.191. The van der Waals surface area contributed by atoms with Crippen LogP contribution in [0.15, 0.2) is 30.5 Å². The highest BCUT2D eigenvalue weighted by atomic mass is 35.5. The van der Waals surface area contributed by atoms with Crippen molar-refractivity contribution in [2.45, 2.75) is 6.04 Å². The number of aromatic nitrogens is 1. The molecule has 0 saturated heterocycles. The average Bonchev–Trinajstić information content (AvgIpc) is 2.38. The number of nitrogens with zero attached hydrogens (tertiary/aromatic N) is 1. The number of halogens is 1. The number of anilines is 1. The highest BCUT2D eigenvalue weighted by Crippen LogP contribution is 2.25. The Hall–Kier alpha value is -1.52. The predicted octanol–water partition coefficient (Wildman–Crippen LogP) is 2.61. The molecule has 96 valence electrons. The van der Waals surface area contributed by atoms with Gasteiger partial charge in [-0.05, 0) is 23.6 Å². The van der Waals surface area contributed by atoms with Gasteiger partial charge >= 0.3 is 0 Å². The van der Waals surface area contributed by atoms with Gasteiger partial charge in [-0.25, -0.2) is 4.98 Å². The summed E-state index contributed by atoms with van der Waals surface area (Å²) in [5.74, 6) is 1.34. The number of ether oxygens (including phenoxy) is 1. The molecule has 0 radical (unpaired) electrons. The van der Waals surface area contributed by atoms with E-state index < -0.39 is 0 Å². The number of benzene rings is 1. The Morgan fingerprint density at radius 1 is 1.44 bits per heavy atom. The number of phenolic OH excluding ortho intramolecular Hbond substituents is 1. The van der Waals surface area contributed by atoms with Crippen LogP contribution in [0.2, 0.25) is 0 Å². The van der Waals surface area contributed by atoms with Crippen LogP contribution in [0.1, 0.15) is 0 Å². The monoisotopic (exact) mass is 266 g/mol. The molecule has 1 atom stereocenters. The summed E-state index contributed by atoms with van der Waals surface area (Å²) < 4.78 is 5.08. The Morgan fingerprint density at radius 3 is 3.00 bits per heavy atom. The van der Waals surface area contributed by atoms with Gasteiger partial charge in [0.25, 0.3) is 0 Å². The SMILES string of the molecule is COCC(CCl)Nc1nccc2ccc(O)cc12. The van der Waals surface area contributed by atoms with Gasteiger partial charge in [-0.15, -0.1) is 11.6 Å². The molecule has 2 N–H and O–H groups in total. The number of alkyl halides is 1. The van der Waals surface area contributed by atoms with E-state index in [2.05, 4.69) is 10.3 Å². The summed E-state index contributed by atoms with van der Waals surface area (Å²) in [6.45, 7) is 0.500. The predicted molar refractivity (Wildman–Crippen MR) is 73.4 cm³/mol. The molecule has 0 amide bonds. The van der Waals surface area contributed by atoms with Crippen molar-refractivity contribution in [3.8, 4) is 5.75 Å². The fourth-order valence-corrected chi connectivity index (χ4v) is 1.96. The van der Waals surface area contributed by atoms with Crippen molar-refractivity contribution in [3.05, 3.63) is 30.5 Å². The zero-order valence-electron chi connectivity index (χ0n) is 10.1. The van der Waals surface area contributed by atoms with Gasteiger partial charge in [0.15, 0.2) is 0 Å². The van der Waals surface area contributed by atoms with E-state index in [1.165, 1.54) is 0 Å². The fourth-order valence-electron chi connectivity index (χ4n) is 1.79. The largest absolute Gasteiger partial charge is 0.508 e. The molecule has 1 unspecified atom stereocenters. The van der Waals surface area contributed by atoms with E-state index in [0.29, 0.717) is 18.3 Å². The third-order valence-corrected chi connectivity index (χ3v) is 3.02. The van der Waals surface area contributed by atoms with Gasteiger partial charge in [-0.3, -0.25) is 0 Å². The van der Waals surface area contributed by atoms with Crippen LogP contribution in [0, 0.1) is 0 Å². The molecule has 0 spiro atoms. The molecule has 5 heteroatoms. The van der Waals surface area contributed by atoms with Gasteiger partial charge < -0.3 is 15.2 Å². The molecule has 0 aliphatic heterocycles. The van der Waals surface area contributed by atoms with Gasteiger partial charge in [0, 0.05) is 24.6 Å². The molecule has 18 heavy (non-hydrogen) atoms. The van der Waals surface area contributed by atoms with Crippen LogP contribution >= 0.6 is 11.6 Å². The first-order valence-corrected chi connectivity index (χ1v) is 6.17. The summed E-state index contributed by atoms with van der Waals surface area (Å²) in [4.78, 5) is 4.28. The quantitative estimate of drug-likeness (QED) is 0.817. The van der Waals surface area contributed by atoms with Crippen LogP contribution in [-0.4, -0.2) is 35.7 Å².